The van der Waals surface area contributed by atoms with Crippen LogP contribution in [-0.4, -0.2) is 57.5 Å². The highest BCUT2D eigenvalue weighted by Gasteiger charge is 2.37. The number of para-hydroxylation sites is 9. The monoisotopic (exact) mass is 1130 g/mol. The van der Waals surface area contributed by atoms with Gasteiger partial charge in [-0.3, -0.25) is 13.8 Å². The van der Waals surface area contributed by atoms with E-state index in [0.29, 0.717) is 18.0 Å². The average Bonchev–Trinajstić information content (AvgIpc) is 1.66. The molecule has 8 heterocycles. The Morgan fingerprint density at radius 2 is 0.875 bits per heavy atom. The Balaban J connectivity index is 0.0000000888. The van der Waals surface area contributed by atoms with Crippen LogP contribution in [0.25, 0.3) is 121 Å². The van der Waals surface area contributed by atoms with Crippen LogP contribution in [0.3, 0.4) is 0 Å². The molecule has 16 aromatic rings. The zero-order valence-electron chi connectivity index (χ0n) is 47.6. The fraction of sp³-hybridized carbons (Fsp3) is 0.0506. The quantitative estimate of drug-likeness (QED) is 0.142. The van der Waals surface area contributed by atoms with Gasteiger partial charge in [-0.2, -0.15) is 0 Å². The Morgan fingerprint density at radius 1 is 0.352 bits per heavy atom. The zero-order chi connectivity index (χ0) is 57.8. The summed E-state index contributed by atoms with van der Waals surface area (Å²) in [6.07, 6.45) is 19.3. The molecule has 0 N–H and O–H groups in total. The van der Waals surface area contributed by atoms with Gasteiger partial charge in [-0.05, 0) is 99.2 Å². The summed E-state index contributed by atoms with van der Waals surface area (Å²) < 4.78 is 6.99. The molecule has 2 aliphatic carbocycles. The summed E-state index contributed by atoms with van der Waals surface area (Å²) in [6.45, 7) is 0. The highest BCUT2D eigenvalue weighted by Crippen LogP contribution is 2.49. The lowest BCUT2D eigenvalue weighted by atomic mass is 9.80. The van der Waals surface area contributed by atoms with E-state index in [-0.39, 0.29) is 6.04 Å². The van der Waals surface area contributed by atoms with Crippen LogP contribution in [0, 0.1) is 0 Å². The van der Waals surface area contributed by atoms with Gasteiger partial charge in [0.15, 0.2) is 0 Å². The molecule has 4 atom stereocenters. The molecule has 0 radical (unpaired) electrons. The third-order valence-corrected chi connectivity index (χ3v) is 18.2. The topological polar surface area (TPSA) is 80.4 Å². The molecule has 5 aromatic heterocycles. The zero-order valence-corrected chi connectivity index (χ0v) is 47.6. The van der Waals surface area contributed by atoms with Crippen molar-refractivity contribution < 1.29 is 0 Å². The molecule has 3 aliphatic heterocycles. The summed E-state index contributed by atoms with van der Waals surface area (Å²) in [5, 5.41) is 12.6. The minimum absolute atomic E-state index is 0.229. The van der Waals surface area contributed by atoms with Gasteiger partial charge in [0, 0.05) is 44.0 Å². The van der Waals surface area contributed by atoms with Crippen molar-refractivity contribution in [3.05, 3.63) is 302 Å². The molecule has 9 heteroatoms. The van der Waals surface area contributed by atoms with Crippen molar-refractivity contribution in [1.29, 1.82) is 0 Å². The molecular formula is C79H53N9. The van der Waals surface area contributed by atoms with E-state index in [1.807, 2.05) is 30.6 Å². The second-order valence-electron chi connectivity index (χ2n) is 23.0. The maximum Gasteiger partial charge on any atom is 0.146 e. The Kier molecular flexibility index (Phi) is 11.4. The minimum Gasteiger partial charge on any atom is -0.316 e. The van der Waals surface area contributed by atoms with Gasteiger partial charge < -0.3 is 9.47 Å². The summed E-state index contributed by atoms with van der Waals surface area (Å²) >= 11 is 0. The van der Waals surface area contributed by atoms with Crippen molar-refractivity contribution in [2.24, 2.45) is 9.98 Å². The predicted octanol–water partition coefficient (Wildman–Crippen LogP) is 18.6. The summed E-state index contributed by atoms with van der Waals surface area (Å²) in [4.78, 5) is 26.3. The van der Waals surface area contributed by atoms with Gasteiger partial charge >= 0.3 is 0 Å². The second-order valence-corrected chi connectivity index (χ2v) is 23.0. The van der Waals surface area contributed by atoms with Crippen LogP contribution in [0.4, 0.5) is 5.69 Å². The Labute approximate surface area is 505 Å². The van der Waals surface area contributed by atoms with E-state index in [9.17, 15) is 0 Å². The molecule has 9 nitrogen and oxygen atoms in total. The van der Waals surface area contributed by atoms with Crippen LogP contribution >= 0.6 is 0 Å². The van der Waals surface area contributed by atoms with Crippen molar-refractivity contribution in [2.75, 3.05) is 0 Å². The van der Waals surface area contributed by atoms with E-state index in [4.69, 9.17) is 19.9 Å². The van der Waals surface area contributed by atoms with Gasteiger partial charge in [0.1, 0.15) is 23.0 Å². The molecule has 0 saturated heterocycles. The number of pyridine rings is 2. The number of imidazole rings is 3. The second kappa shape index (κ2) is 20.0. The molecule has 5 aliphatic rings. The van der Waals surface area contributed by atoms with Gasteiger partial charge in [-0.1, -0.05) is 225 Å². The van der Waals surface area contributed by atoms with Crippen LogP contribution in [0.1, 0.15) is 23.1 Å². The Hall–Kier alpha value is -11.6. The van der Waals surface area contributed by atoms with E-state index >= 15 is 0 Å². The molecule has 4 unspecified atom stereocenters. The molecule has 21 rings (SSSR count). The van der Waals surface area contributed by atoms with Crippen LogP contribution in [0.15, 0.2) is 301 Å². The SMILES string of the molecule is C1=CC2N=C3c4ccccc4N=CN3C2C=C1.C1=CC2c3ccc4ccccc4c3-c3nc4ccccc4n3C2C=C1.c1ccc2c(c1)ccc1c2c2ccccc2n2c3ccccc3nc12.c1ccc2c(c1)nc1c3ccccc3c3ccccc3n21. The maximum atomic E-state index is 5.04. The lowest BCUT2D eigenvalue weighted by molar-refractivity contribution is 0.524. The lowest BCUT2D eigenvalue weighted by Gasteiger charge is -2.34. The third-order valence-electron chi connectivity index (χ3n) is 18.2. The van der Waals surface area contributed by atoms with Crippen molar-refractivity contribution in [2.45, 2.75) is 24.0 Å². The fourth-order valence-corrected chi connectivity index (χ4v) is 14.4. The first-order valence-electron chi connectivity index (χ1n) is 30.1. The number of aromatic nitrogens is 6. The van der Waals surface area contributed by atoms with Gasteiger partial charge in [0.25, 0.3) is 0 Å². The van der Waals surface area contributed by atoms with Crippen LogP contribution in [0.2, 0.25) is 0 Å². The first kappa shape index (κ1) is 49.8. The third kappa shape index (κ3) is 7.70. The molecule has 0 bridgehead atoms. The maximum absolute atomic E-state index is 5.04. The smallest absolute Gasteiger partial charge is 0.146 e. The molecule has 414 valence electrons. The Morgan fingerprint density at radius 3 is 1.62 bits per heavy atom. The van der Waals surface area contributed by atoms with Crippen molar-refractivity contribution in [3.63, 3.8) is 0 Å². The molecule has 88 heavy (non-hydrogen) atoms. The molecular weight excluding hydrogens is 1070 g/mol. The molecule has 0 saturated carbocycles. The van der Waals surface area contributed by atoms with E-state index in [2.05, 4.69) is 290 Å². The van der Waals surface area contributed by atoms with Crippen molar-refractivity contribution >= 4 is 127 Å². The standard InChI is InChI=1S/C23H14N2.C23H16N2.C19H12N2.C14H11N3/c1-2-8-16-15(7-1)13-14-18-22(16)17-9-3-5-11-20(17)25-21-12-6-4-10-19(21)24-23(18)25;1-2-8-16-15(7-1)13-14-18-17-9-3-5-11-20(17)25-21-12-6-4-10-19(21)24-23(25)22(16)18;1-2-9-15-13(7-1)14-8-3-5-11-17(14)21-18-12-6-4-10-16(18)20-19(15)21;1-2-6-11-10(5-1)14-16-12-7-3-4-8-13(12)17(14)9-15-11/h1-14H;1-14,17,20H;1-12H;1-9,12-13H. The summed E-state index contributed by atoms with van der Waals surface area (Å²) in [5.74, 6) is 2.49. The van der Waals surface area contributed by atoms with Gasteiger partial charge in [0.05, 0.1) is 74.3 Å². The van der Waals surface area contributed by atoms with E-state index < -0.39 is 0 Å². The molecule has 11 aromatic carbocycles. The highest BCUT2D eigenvalue weighted by atomic mass is 15.3. The Bertz CT molecular complexity index is 5770. The molecule has 0 spiro atoms. The van der Waals surface area contributed by atoms with Gasteiger partial charge in [-0.25, -0.2) is 19.9 Å². The van der Waals surface area contributed by atoms with Crippen LogP contribution in [0.5, 0.6) is 0 Å². The molecule has 0 amide bonds. The first-order valence-corrected chi connectivity index (χ1v) is 30.1. The van der Waals surface area contributed by atoms with E-state index in [1.54, 1.807) is 0 Å². The number of nitrogens with zero attached hydrogens (tertiary/aromatic N) is 9. The van der Waals surface area contributed by atoms with Gasteiger partial charge in [0.2, 0.25) is 0 Å². The number of aliphatic imine (C=N–C) groups is 2. The van der Waals surface area contributed by atoms with Crippen molar-refractivity contribution in [3.8, 4) is 11.4 Å². The minimum atomic E-state index is 0.229. The first-order chi connectivity index (χ1) is 43.7. The summed E-state index contributed by atoms with van der Waals surface area (Å²) in [6, 6.07) is 86.0. The summed E-state index contributed by atoms with van der Waals surface area (Å²) in [7, 11) is 0. The lowest BCUT2D eigenvalue weighted by Crippen LogP contribution is -2.39. The number of benzene rings is 11. The predicted molar refractivity (Wildman–Crippen MR) is 364 cm³/mol. The number of fused-ring (bicyclic) bond motifs is 33. The summed E-state index contributed by atoms with van der Waals surface area (Å²) in [5.41, 5.74) is 16.0. The van der Waals surface area contributed by atoms with E-state index in [0.717, 1.165) is 61.8 Å². The number of allylic oxidation sites excluding steroid dienone is 6. The van der Waals surface area contributed by atoms with Crippen LogP contribution in [-0.2, 0) is 0 Å². The average molecular weight is 1130 g/mol. The molecule has 0 fully saturated rings. The fourth-order valence-electron chi connectivity index (χ4n) is 14.4. The largest absolute Gasteiger partial charge is 0.316 e. The van der Waals surface area contributed by atoms with E-state index in [1.165, 1.54) is 81.5 Å². The number of hydrogen-bond donors (Lipinski definition) is 0. The highest BCUT2D eigenvalue weighted by molar-refractivity contribution is 6.24. The number of amidine groups is 1. The normalized spacial score (nSPS) is 17.4. The van der Waals surface area contributed by atoms with Crippen LogP contribution < -0.4 is 0 Å². The van der Waals surface area contributed by atoms with Gasteiger partial charge in [-0.15, -0.1) is 0 Å². The van der Waals surface area contributed by atoms with Crippen molar-refractivity contribution in [1.82, 2.24) is 33.2 Å². The number of rotatable bonds is 0. The number of hydrogen-bond acceptors (Lipinski definition) is 6.